The number of anilines is 1. The van der Waals surface area contributed by atoms with Gasteiger partial charge in [0.25, 0.3) is 0 Å². The fraction of sp³-hybridized carbons (Fsp3) is 0.429. The number of aromatic nitrogens is 2. The third kappa shape index (κ3) is 3.63. The smallest absolute Gasteiger partial charge is 0.242 e. The second kappa shape index (κ2) is 6.72. The average molecular weight is 338 g/mol. The topological polar surface area (TPSA) is 75.2 Å². The van der Waals surface area contributed by atoms with E-state index in [1.165, 1.54) is 6.20 Å². The van der Waals surface area contributed by atoms with Crippen molar-refractivity contribution in [2.45, 2.75) is 17.7 Å². The number of pyridine rings is 1. The maximum absolute atomic E-state index is 12.2. The van der Waals surface area contributed by atoms with Crippen LogP contribution in [0.2, 0.25) is 0 Å². The van der Waals surface area contributed by atoms with Crippen LogP contribution in [0.15, 0.2) is 41.0 Å². The number of rotatable bonds is 5. The first kappa shape index (κ1) is 15.4. The molecule has 0 saturated carbocycles. The molecule has 0 radical (unpaired) electrons. The molecule has 1 saturated heterocycles. The van der Waals surface area contributed by atoms with E-state index in [9.17, 15) is 8.42 Å². The van der Waals surface area contributed by atoms with Crippen LogP contribution in [0.25, 0.3) is 0 Å². The highest BCUT2D eigenvalue weighted by molar-refractivity contribution is 7.89. The van der Waals surface area contributed by atoms with Crippen LogP contribution < -0.4 is 9.62 Å². The number of nitrogens with one attached hydrogen (secondary N) is 1. The Kier molecular flexibility index (Phi) is 4.70. The second-order valence-electron chi connectivity index (χ2n) is 5.31. The van der Waals surface area contributed by atoms with E-state index in [-0.39, 0.29) is 4.90 Å². The van der Waals surface area contributed by atoms with Crippen molar-refractivity contribution in [3.63, 3.8) is 0 Å². The summed E-state index contributed by atoms with van der Waals surface area (Å²) in [5.74, 6) is 0.295. The van der Waals surface area contributed by atoms with Crippen LogP contribution in [-0.2, 0) is 10.0 Å². The number of sulfonamides is 1. The van der Waals surface area contributed by atoms with Gasteiger partial charge in [-0.3, -0.25) is 4.98 Å². The molecule has 6 nitrogen and oxygen atoms in total. The van der Waals surface area contributed by atoms with Gasteiger partial charge in [0.05, 0.1) is 0 Å². The Labute approximate surface area is 134 Å². The molecule has 22 heavy (non-hydrogen) atoms. The van der Waals surface area contributed by atoms with Crippen LogP contribution >= 0.6 is 11.3 Å². The van der Waals surface area contributed by atoms with Gasteiger partial charge >= 0.3 is 0 Å². The molecule has 0 aromatic carbocycles. The van der Waals surface area contributed by atoms with E-state index < -0.39 is 10.0 Å². The number of piperidine rings is 1. The van der Waals surface area contributed by atoms with Crippen LogP contribution in [0, 0.1) is 5.92 Å². The highest BCUT2D eigenvalue weighted by atomic mass is 32.2. The lowest BCUT2D eigenvalue weighted by atomic mass is 9.99. The van der Waals surface area contributed by atoms with Crippen molar-refractivity contribution in [2.24, 2.45) is 5.92 Å². The van der Waals surface area contributed by atoms with Crippen LogP contribution in [-0.4, -0.2) is 38.0 Å². The lowest BCUT2D eigenvalue weighted by molar-refractivity contribution is 0.410. The van der Waals surface area contributed by atoms with E-state index in [1.807, 2.05) is 5.38 Å². The summed E-state index contributed by atoms with van der Waals surface area (Å²) in [6.45, 7) is 2.27. The normalized spacial score (nSPS) is 19.3. The monoisotopic (exact) mass is 338 g/mol. The molecule has 1 fully saturated rings. The fourth-order valence-corrected chi connectivity index (χ4v) is 4.35. The summed E-state index contributed by atoms with van der Waals surface area (Å²) in [6.07, 6.45) is 6.81. The van der Waals surface area contributed by atoms with Gasteiger partial charge in [0.2, 0.25) is 10.0 Å². The van der Waals surface area contributed by atoms with Gasteiger partial charge in [-0.05, 0) is 30.9 Å². The lowest BCUT2D eigenvalue weighted by Crippen LogP contribution is -2.41. The molecule has 2 aromatic rings. The van der Waals surface area contributed by atoms with E-state index in [4.69, 9.17) is 0 Å². The SMILES string of the molecule is O=S(=O)(NCC1CCCN(c2nccs2)C1)c1cccnc1. The molecule has 1 atom stereocenters. The average Bonchev–Trinajstić information content (AvgIpc) is 3.09. The molecule has 3 heterocycles. The number of thiazole rings is 1. The lowest BCUT2D eigenvalue weighted by Gasteiger charge is -2.32. The molecule has 0 bridgehead atoms. The van der Waals surface area contributed by atoms with Crippen LogP contribution in [0.1, 0.15) is 12.8 Å². The summed E-state index contributed by atoms with van der Waals surface area (Å²) in [6, 6.07) is 3.18. The number of nitrogens with zero attached hydrogens (tertiary/aromatic N) is 3. The van der Waals surface area contributed by atoms with E-state index in [2.05, 4.69) is 19.6 Å². The Bertz CT molecular complexity index is 689. The minimum absolute atomic E-state index is 0.211. The summed E-state index contributed by atoms with van der Waals surface area (Å²) in [4.78, 5) is 10.6. The summed E-state index contributed by atoms with van der Waals surface area (Å²) in [5.41, 5.74) is 0. The first-order valence-electron chi connectivity index (χ1n) is 7.19. The number of hydrogen-bond donors (Lipinski definition) is 1. The predicted molar refractivity (Wildman–Crippen MR) is 86.5 cm³/mol. The first-order chi connectivity index (χ1) is 10.6. The third-order valence-corrected chi connectivity index (χ3v) is 5.96. The summed E-state index contributed by atoms with van der Waals surface area (Å²) < 4.78 is 27.1. The van der Waals surface area contributed by atoms with Gasteiger partial charge in [-0.25, -0.2) is 18.1 Å². The van der Waals surface area contributed by atoms with Crippen molar-refractivity contribution < 1.29 is 8.42 Å². The Morgan fingerprint density at radius 1 is 1.41 bits per heavy atom. The molecule has 1 N–H and O–H groups in total. The maximum Gasteiger partial charge on any atom is 0.242 e. The first-order valence-corrected chi connectivity index (χ1v) is 9.55. The molecule has 118 valence electrons. The molecule has 1 aliphatic heterocycles. The van der Waals surface area contributed by atoms with Gasteiger partial charge in [0.1, 0.15) is 4.90 Å². The Balaban J connectivity index is 1.59. The Morgan fingerprint density at radius 2 is 2.32 bits per heavy atom. The van der Waals surface area contributed by atoms with Gasteiger partial charge in [0.15, 0.2) is 5.13 Å². The van der Waals surface area contributed by atoms with Crippen molar-refractivity contribution >= 4 is 26.5 Å². The van der Waals surface area contributed by atoms with Gasteiger partial charge < -0.3 is 4.90 Å². The van der Waals surface area contributed by atoms with E-state index >= 15 is 0 Å². The van der Waals surface area contributed by atoms with Gasteiger partial charge in [-0.2, -0.15) is 0 Å². The van der Waals surface area contributed by atoms with E-state index in [0.717, 1.165) is 31.1 Å². The van der Waals surface area contributed by atoms with Crippen molar-refractivity contribution in [1.29, 1.82) is 0 Å². The molecule has 0 aliphatic carbocycles. The molecule has 2 aromatic heterocycles. The zero-order valence-corrected chi connectivity index (χ0v) is 13.7. The minimum atomic E-state index is -3.47. The van der Waals surface area contributed by atoms with Crippen LogP contribution in [0.4, 0.5) is 5.13 Å². The van der Waals surface area contributed by atoms with Crippen molar-refractivity contribution in [1.82, 2.24) is 14.7 Å². The number of hydrogen-bond acceptors (Lipinski definition) is 6. The molecule has 0 amide bonds. The highest BCUT2D eigenvalue weighted by Crippen LogP contribution is 2.24. The van der Waals surface area contributed by atoms with Crippen LogP contribution in [0.3, 0.4) is 0 Å². The summed E-state index contributed by atoms with van der Waals surface area (Å²) >= 11 is 1.62. The molecule has 1 aliphatic rings. The van der Waals surface area contributed by atoms with Crippen molar-refractivity contribution in [3.8, 4) is 0 Å². The summed E-state index contributed by atoms with van der Waals surface area (Å²) in [7, 11) is -3.47. The van der Waals surface area contributed by atoms with Gasteiger partial charge in [-0.15, -0.1) is 11.3 Å². The van der Waals surface area contributed by atoms with Crippen LogP contribution in [0.5, 0.6) is 0 Å². The molecule has 8 heteroatoms. The van der Waals surface area contributed by atoms with E-state index in [0.29, 0.717) is 12.5 Å². The molecule has 3 rings (SSSR count). The molecular weight excluding hydrogens is 320 g/mol. The van der Waals surface area contributed by atoms with Gasteiger partial charge in [0, 0.05) is 43.6 Å². The zero-order chi connectivity index (χ0) is 15.4. The zero-order valence-electron chi connectivity index (χ0n) is 12.1. The van der Waals surface area contributed by atoms with Gasteiger partial charge in [-0.1, -0.05) is 0 Å². The van der Waals surface area contributed by atoms with Crippen molar-refractivity contribution in [2.75, 3.05) is 24.5 Å². The highest BCUT2D eigenvalue weighted by Gasteiger charge is 2.23. The quantitative estimate of drug-likeness (QED) is 0.899. The standard InChI is InChI=1S/C14H18N4O2S2/c19-22(20,13-4-1-5-15-10-13)17-9-12-3-2-7-18(11-12)14-16-6-8-21-14/h1,4-6,8,10,12,17H,2-3,7,9,11H2. The second-order valence-corrected chi connectivity index (χ2v) is 7.95. The largest absolute Gasteiger partial charge is 0.348 e. The molecule has 1 unspecified atom stereocenters. The van der Waals surface area contributed by atoms with Crippen molar-refractivity contribution in [3.05, 3.63) is 36.1 Å². The van der Waals surface area contributed by atoms with E-state index in [1.54, 1.807) is 35.9 Å². The Hall–Kier alpha value is -1.51. The summed E-state index contributed by atoms with van der Waals surface area (Å²) in [5, 5.41) is 2.98. The fourth-order valence-electron chi connectivity index (χ4n) is 2.59. The third-order valence-electron chi connectivity index (χ3n) is 3.72. The minimum Gasteiger partial charge on any atom is -0.348 e. The molecular formula is C14H18N4O2S2. The predicted octanol–water partition coefficient (Wildman–Crippen LogP) is 1.73. The maximum atomic E-state index is 12.2. The molecule has 0 spiro atoms. The Morgan fingerprint density at radius 3 is 3.05 bits per heavy atom.